The number of hydrogen-bond acceptors (Lipinski definition) is 3. The molecule has 4 heteroatoms. The molecule has 0 spiro atoms. The van der Waals surface area contributed by atoms with Gasteiger partial charge >= 0.3 is 0 Å². The monoisotopic (exact) mass is 183 g/mol. The van der Waals surface area contributed by atoms with Gasteiger partial charge in [-0.25, -0.2) is 4.98 Å². The Hall–Kier alpha value is -0.870. The maximum Gasteiger partial charge on any atom is 0.138 e. The molecule has 1 aromatic heterocycles. The maximum absolute atomic E-state index is 9.67. The van der Waals surface area contributed by atoms with Crippen molar-refractivity contribution in [1.29, 1.82) is 0 Å². The largest absolute Gasteiger partial charge is 0.384 e. The van der Waals surface area contributed by atoms with Gasteiger partial charge in [0.15, 0.2) is 0 Å². The highest BCUT2D eigenvalue weighted by atomic mass is 16.3. The molecule has 74 valence electrons. The predicted molar refractivity (Wildman–Crippen MR) is 51.3 cm³/mol. The van der Waals surface area contributed by atoms with Crippen molar-refractivity contribution >= 4 is 0 Å². The first-order valence-electron chi connectivity index (χ1n) is 4.61. The lowest BCUT2D eigenvalue weighted by Crippen LogP contribution is -2.23. The van der Waals surface area contributed by atoms with Crippen LogP contribution < -0.4 is 5.32 Å². The summed E-state index contributed by atoms with van der Waals surface area (Å²) in [6.45, 7) is 3.60. The highest BCUT2D eigenvalue weighted by Gasteiger charge is 2.10. The second kappa shape index (κ2) is 4.99. The van der Waals surface area contributed by atoms with Gasteiger partial charge < -0.3 is 15.0 Å². The van der Waals surface area contributed by atoms with Gasteiger partial charge in [0.25, 0.3) is 0 Å². The summed E-state index contributed by atoms with van der Waals surface area (Å²) in [6, 6.07) is 0. The fourth-order valence-electron chi connectivity index (χ4n) is 1.21. The van der Waals surface area contributed by atoms with Crippen molar-refractivity contribution in [1.82, 2.24) is 14.9 Å². The zero-order valence-electron chi connectivity index (χ0n) is 8.20. The van der Waals surface area contributed by atoms with Crippen LogP contribution in [0.25, 0.3) is 0 Å². The molecule has 0 fully saturated rings. The molecule has 0 bridgehead atoms. The topological polar surface area (TPSA) is 50.1 Å². The van der Waals surface area contributed by atoms with Crippen LogP contribution in [0.1, 0.15) is 25.3 Å². The van der Waals surface area contributed by atoms with Gasteiger partial charge in [0.2, 0.25) is 0 Å². The van der Waals surface area contributed by atoms with E-state index >= 15 is 0 Å². The highest BCUT2D eigenvalue weighted by molar-refractivity contribution is 4.95. The van der Waals surface area contributed by atoms with Crippen LogP contribution in [0.15, 0.2) is 12.4 Å². The van der Waals surface area contributed by atoms with Crippen LogP contribution in [0.2, 0.25) is 0 Å². The summed E-state index contributed by atoms with van der Waals surface area (Å²) in [5.74, 6) is 0.712. The standard InChI is InChI=1S/C9H17N3O/c1-3-4-10-7-8(13)9-11-5-6-12(9)2/h5-6,8,10,13H,3-4,7H2,1-2H3. The SMILES string of the molecule is CCCNCC(O)c1nccn1C. The minimum Gasteiger partial charge on any atom is -0.384 e. The summed E-state index contributed by atoms with van der Waals surface area (Å²) in [5, 5.41) is 12.8. The van der Waals surface area contributed by atoms with E-state index < -0.39 is 6.10 Å². The minimum atomic E-state index is -0.508. The Morgan fingerprint density at radius 2 is 2.46 bits per heavy atom. The van der Waals surface area contributed by atoms with Crippen LogP contribution in [0.3, 0.4) is 0 Å². The van der Waals surface area contributed by atoms with Crippen LogP contribution in [0, 0.1) is 0 Å². The number of imidazole rings is 1. The van der Waals surface area contributed by atoms with Crippen molar-refractivity contribution in [3.05, 3.63) is 18.2 Å². The highest BCUT2D eigenvalue weighted by Crippen LogP contribution is 2.07. The molecule has 0 aliphatic rings. The number of hydrogen-bond donors (Lipinski definition) is 2. The summed E-state index contributed by atoms with van der Waals surface area (Å²) in [5.41, 5.74) is 0. The average molecular weight is 183 g/mol. The summed E-state index contributed by atoms with van der Waals surface area (Å²) in [4.78, 5) is 4.07. The Morgan fingerprint density at radius 3 is 3.00 bits per heavy atom. The minimum absolute atomic E-state index is 0.508. The number of nitrogens with zero attached hydrogens (tertiary/aromatic N) is 2. The van der Waals surface area contributed by atoms with Gasteiger partial charge in [-0.05, 0) is 13.0 Å². The summed E-state index contributed by atoms with van der Waals surface area (Å²) in [6.07, 6.45) is 4.09. The van der Waals surface area contributed by atoms with Gasteiger partial charge in [0, 0.05) is 26.0 Å². The van der Waals surface area contributed by atoms with Crippen molar-refractivity contribution in [3.8, 4) is 0 Å². The number of aliphatic hydroxyl groups is 1. The normalized spacial score (nSPS) is 13.2. The molecular weight excluding hydrogens is 166 g/mol. The summed E-state index contributed by atoms with van der Waals surface area (Å²) < 4.78 is 1.83. The first kappa shape index (κ1) is 10.2. The van der Waals surface area contributed by atoms with E-state index in [0.717, 1.165) is 13.0 Å². The molecule has 2 N–H and O–H groups in total. The molecule has 4 nitrogen and oxygen atoms in total. The Balaban J connectivity index is 2.39. The van der Waals surface area contributed by atoms with Gasteiger partial charge in [-0.2, -0.15) is 0 Å². The predicted octanol–water partition coefficient (Wildman–Crippen LogP) is 0.453. The van der Waals surface area contributed by atoms with E-state index in [0.29, 0.717) is 12.4 Å². The maximum atomic E-state index is 9.67. The molecule has 1 aromatic rings. The zero-order valence-corrected chi connectivity index (χ0v) is 8.20. The molecule has 0 radical (unpaired) electrons. The first-order valence-corrected chi connectivity index (χ1v) is 4.61. The second-order valence-electron chi connectivity index (χ2n) is 3.12. The van der Waals surface area contributed by atoms with Crippen LogP contribution in [0.5, 0.6) is 0 Å². The van der Waals surface area contributed by atoms with Gasteiger partial charge in [0.1, 0.15) is 11.9 Å². The fourth-order valence-corrected chi connectivity index (χ4v) is 1.21. The van der Waals surface area contributed by atoms with Crippen LogP contribution >= 0.6 is 0 Å². The van der Waals surface area contributed by atoms with E-state index in [-0.39, 0.29) is 0 Å². The Morgan fingerprint density at radius 1 is 1.69 bits per heavy atom. The van der Waals surface area contributed by atoms with Crippen LogP contribution in [-0.4, -0.2) is 27.7 Å². The fraction of sp³-hybridized carbons (Fsp3) is 0.667. The van der Waals surface area contributed by atoms with E-state index in [1.165, 1.54) is 0 Å². The summed E-state index contributed by atoms with van der Waals surface area (Å²) in [7, 11) is 1.88. The first-order chi connectivity index (χ1) is 6.25. The van der Waals surface area contributed by atoms with E-state index in [2.05, 4.69) is 17.2 Å². The lowest BCUT2D eigenvalue weighted by molar-refractivity contribution is 0.162. The number of nitrogens with one attached hydrogen (secondary N) is 1. The third kappa shape index (κ3) is 2.82. The molecule has 0 saturated heterocycles. The molecule has 0 aliphatic carbocycles. The molecule has 13 heavy (non-hydrogen) atoms. The van der Waals surface area contributed by atoms with Crippen molar-refractivity contribution in [2.75, 3.05) is 13.1 Å². The average Bonchev–Trinajstić information content (AvgIpc) is 2.52. The number of aliphatic hydroxyl groups excluding tert-OH is 1. The molecular formula is C9H17N3O. The lowest BCUT2D eigenvalue weighted by Gasteiger charge is -2.10. The third-order valence-corrected chi connectivity index (χ3v) is 1.92. The van der Waals surface area contributed by atoms with E-state index in [9.17, 15) is 5.11 Å². The van der Waals surface area contributed by atoms with E-state index in [1.54, 1.807) is 6.20 Å². The Bertz CT molecular complexity index is 247. The van der Waals surface area contributed by atoms with Crippen molar-refractivity contribution < 1.29 is 5.11 Å². The van der Waals surface area contributed by atoms with Gasteiger partial charge in [-0.1, -0.05) is 6.92 Å². The molecule has 0 amide bonds. The molecule has 0 aromatic carbocycles. The number of aryl methyl sites for hydroxylation is 1. The Kier molecular flexibility index (Phi) is 3.92. The van der Waals surface area contributed by atoms with Gasteiger partial charge in [-0.15, -0.1) is 0 Å². The summed E-state index contributed by atoms with van der Waals surface area (Å²) >= 11 is 0. The quantitative estimate of drug-likeness (QED) is 0.652. The third-order valence-electron chi connectivity index (χ3n) is 1.92. The van der Waals surface area contributed by atoms with Crippen molar-refractivity contribution in [2.45, 2.75) is 19.4 Å². The molecule has 0 saturated carbocycles. The molecule has 1 atom stereocenters. The molecule has 1 rings (SSSR count). The van der Waals surface area contributed by atoms with E-state index in [1.807, 2.05) is 17.8 Å². The molecule has 1 heterocycles. The number of aromatic nitrogens is 2. The van der Waals surface area contributed by atoms with Crippen molar-refractivity contribution in [2.24, 2.45) is 7.05 Å². The second-order valence-corrected chi connectivity index (χ2v) is 3.12. The lowest BCUT2D eigenvalue weighted by atomic mass is 10.3. The number of rotatable bonds is 5. The van der Waals surface area contributed by atoms with Crippen LogP contribution in [-0.2, 0) is 7.05 Å². The molecule has 0 aliphatic heterocycles. The van der Waals surface area contributed by atoms with Gasteiger partial charge in [0.05, 0.1) is 0 Å². The van der Waals surface area contributed by atoms with Crippen molar-refractivity contribution in [3.63, 3.8) is 0 Å². The van der Waals surface area contributed by atoms with E-state index in [4.69, 9.17) is 0 Å². The molecule has 1 unspecified atom stereocenters. The Labute approximate surface area is 78.6 Å². The smallest absolute Gasteiger partial charge is 0.138 e. The zero-order chi connectivity index (χ0) is 9.68. The van der Waals surface area contributed by atoms with Gasteiger partial charge in [-0.3, -0.25) is 0 Å². The van der Waals surface area contributed by atoms with Crippen LogP contribution in [0.4, 0.5) is 0 Å².